The molecule has 0 aliphatic rings. The standard InChI is InChI=1S/C11H10BrNO5/c12-11(9(15)16,10(17)18)13-8(14)6-7-4-2-1-3-5-7/h1-5H,6H2,(H,13,14)(H,15,16)(H,17,18). The Morgan fingerprint density at radius 1 is 1.11 bits per heavy atom. The van der Waals surface area contributed by atoms with Crippen LogP contribution in [0.4, 0.5) is 0 Å². The zero-order valence-electron chi connectivity index (χ0n) is 9.09. The predicted molar refractivity (Wildman–Crippen MR) is 65.2 cm³/mol. The molecular weight excluding hydrogens is 306 g/mol. The maximum atomic E-state index is 11.6. The number of rotatable bonds is 5. The highest BCUT2D eigenvalue weighted by Gasteiger charge is 2.45. The molecule has 0 spiro atoms. The summed E-state index contributed by atoms with van der Waals surface area (Å²) in [6.45, 7) is 0. The van der Waals surface area contributed by atoms with Crippen molar-refractivity contribution in [1.29, 1.82) is 0 Å². The molecule has 0 radical (unpaired) electrons. The number of alkyl halides is 1. The Hall–Kier alpha value is -1.89. The van der Waals surface area contributed by atoms with E-state index in [2.05, 4.69) is 15.9 Å². The monoisotopic (exact) mass is 315 g/mol. The molecule has 0 unspecified atom stereocenters. The number of halogens is 1. The predicted octanol–water partition coefficient (Wildman–Crippen LogP) is 0.606. The maximum Gasteiger partial charge on any atom is 0.352 e. The third kappa shape index (κ3) is 3.30. The van der Waals surface area contributed by atoms with Crippen LogP contribution in [0.15, 0.2) is 30.3 Å². The summed E-state index contributed by atoms with van der Waals surface area (Å²) in [7, 11) is 0. The van der Waals surface area contributed by atoms with Crippen molar-refractivity contribution in [3.05, 3.63) is 35.9 Å². The highest BCUT2D eigenvalue weighted by molar-refractivity contribution is 9.10. The fraction of sp³-hybridized carbons (Fsp3) is 0.182. The number of nitrogens with one attached hydrogen (secondary N) is 1. The molecule has 0 heterocycles. The van der Waals surface area contributed by atoms with Crippen molar-refractivity contribution in [2.75, 3.05) is 0 Å². The second-order valence-electron chi connectivity index (χ2n) is 3.48. The molecule has 0 saturated carbocycles. The first-order valence-corrected chi connectivity index (χ1v) is 5.66. The molecular formula is C11H10BrNO5. The fourth-order valence-corrected chi connectivity index (χ4v) is 1.44. The second kappa shape index (κ2) is 5.63. The Morgan fingerprint density at radius 2 is 1.61 bits per heavy atom. The van der Waals surface area contributed by atoms with Gasteiger partial charge in [-0.2, -0.15) is 0 Å². The van der Waals surface area contributed by atoms with Crippen molar-refractivity contribution in [3.8, 4) is 0 Å². The van der Waals surface area contributed by atoms with Crippen LogP contribution in [-0.2, 0) is 20.8 Å². The highest BCUT2D eigenvalue weighted by atomic mass is 79.9. The SMILES string of the molecule is O=C(Cc1ccccc1)NC(Br)(C(=O)O)C(=O)O. The molecule has 1 aromatic rings. The Morgan fingerprint density at radius 3 is 2.06 bits per heavy atom. The molecule has 0 aromatic heterocycles. The van der Waals surface area contributed by atoms with Crippen LogP contribution in [0.3, 0.4) is 0 Å². The quantitative estimate of drug-likeness (QED) is 0.419. The summed E-state index contributed by atoms with van der Waals surface area (Å²) in [5, 5.41) is 19.5. The molecule has 0 fully saturated rings. The van der Waals surface area contributed by atoms with Gasteiger partial charge in [-0.3, -0.25) is 4.79 Å². The van der Waals surface area contributed by atoms with Gasteiger partial charge in [0, 0.05) is 0 Å². The number of amides is 1. The van der Waals surface area contributed by atoms with E-state index in [1.807, 2.05) is 5.32 Å². The molecule has 1 amide bonds. The van der Waals surface area contributed by atoms with E-state index in [1.165, 1.54) is 0 Å². The minimum atomic E-state index is -2.50. The number of aliphatic carboxylic acids is 2. The van der Waals surface area contributed by atoms with Crippen molar-refractivity contribution in [1.82, 2.24) is 5.32 Å². The number of benzene rings is 1. The van der Waals surface area contributed by atoms with Crippen molar-refractivity contribution < 1.29 is 24.6 Å². The Bertz CT molecular complexity index is 460. The van der Waals surface area contributed by atoms with Gasteiger partial charge in [0.1, 0.15) is 0 Å². The van der Waals surface area contributed by atoms with E-state index in [9.17, 15) is 14.4 Å². The largest absolute Gasteiger partial charge is 0.478 e. The highest BCUT2D eigenvalue weighted by Crippen LogP contribution is 2.15. The average molecular weight is 316 g/mol. The van der Waals surface area contributed by atoms with E-state index in [0.29, 0.717) is 5.56 Å². The van der Waals surface area contributed by atoms with E-state index in [1.54, 1.807) is 30.3 Å². The summed E-state index contributed by atoms with van der Waals surface area (Å²) < 4.78 is -2.50. The molecule has 18 heavy (non-hydrogen) atoms. The van der Waals surface area contributed by atoms with Gasteiger partial charge in [0.25, 0.3) is 4.45 Å². The van der Waals surface area contributed by atoms with Crippen LogP contribution in [0, 0.1) is 0 Å². The Labute approximate surface area is 111 Å². The molecule has 96 valence electrons. The van der Waals surface area contributed by atoms with Crippen LogP contribution in [0.2, 0.25) is 0 Å². The zero-order chi connectivity index (χ0) is 13.8. The van der Waals surface area contributed by atoms with Gasteiger partial charge in [-0.05, 0) is 21.5 Å². The first-order valence-electron chi connectivity index (χ1n) is 4.87. The van der Waals surface area contributed by atoms with Crippen LogP contribution in [-0.4, -0.2) is 32.5 Å². The van der Waals surface area contributed by atoms with Gasteiger partial charge >= 0.3 is 11.9 Å². The average Bonchev–Trinajstić information content (AvgIpc) is 2.29. The van der Waals surface area contributed by atoms with Crippen LogP contribution in [0.5, 0.6) is 0 Å². The van der Waals surface area contributed by atoms with Crippen LogP contribution < -0.4 is 5.32 Å². The zero-order valence-corrected chi connectivity index (χ0v) is 10.7. The van der Waals surface area contributed by atoms with E-state index >= 15 is 0 Å². The van der Waals surface area contributed by atoms with Crippen molar-refractivity contribution in [2.45, 2.75) is 10.9 Å². The number of hydrogen-bond acceptors (Lipinski definition) is 3. The third-order valence-corrected chi connectivity index (χ3v) is 2.99. The second-order valence-corrected chi connectivity index (χ2v) is 4.67. The summed E-state index contributed by atoms with van der Waals surface area (Å²) in [6, 6.07) is 8.56. The molecule has 3 N–H and O–H groups in total. The van der Waals surface area contributed by atoms with E-state index in [0.717, 1.165) is 0 Å². The normalized spacial score (nSPS) is 10.7. The summed E-state index contributed by atoms with van der Waals surface area (Å²) in [5.74, 6) is -4.10. The van der Waals surface area contributed by atoms with Gasteiger partial charge in [-0.1, -0.05) is 30.3 Å². The van der Waals surface area contributed by atoms with Gasteiger partial charge in [0.2, 0.25) is 5.91 Å². The summed E-state index contributed by atoms with van der Waals surface area (Å²) in [4.78, 5) is 33.2. The number of carbonyl (C=O) groups excluding carboxylic acids is 1. The molecule has 0 atom stereocenters. The molecule has 0 aliphatic heterocycles. The molecule has 0 bridgehead atoms. The summed E-state index contributed by atoms with van der Waals surface area (Å²) in [6.07, 6.45) is -0.102. The Kier molecular flexibility index (Phi) is 4.43. The smallest absolute Gasteiger partial charge is 0.352 e. The first-order chi connectivity index (χ1) is 8.36. The first kappa shape index (κ1) is 14.2. The Balaban J connectivity index is 2.75. The number of carbonyl (C=O) groups is 3. The number of carboxylic acids is 2. The lowest BCUT2D eigenvalue weighted by molar-refractivity contribution is -0.154. The molecule has 7 heteroatoms. The van der Waals surface area contributed by atoms with Gasteiger partial charge < -0.3 is 15.5 Å². The lowest BCUT2D eigenvalue weighted by Crippen LogP contribution is -2.55. The van der Waals surface area contributed by atoms with E-state index in [-0.39, 0.29) is 6.42 Å². The fourth-order valence-electron chi connectivity index (χ4n) is 1.22. The summed E-state index contributed by atoms with van der Waals surface area (Å²) in [5.41, 5.74) is 0.653. The van der Waals surface area contributed by atoms with Gasteiger partial charge in [-0.25, -0.2) is 9.59 Å². The van der Waals surface area contributed by atoms with Gasteiger partial charge in [-0.15, -0.1) is 0 Å². The third-order valence-electron chi connectivity index (χ3n) is 2.11. The molecule has 0 saturated heterocycles. The molecule has 6 nitrogen and oxygen atoms in total. The lowest BCUT2D eigenvalue weighted by atomic mass is 10.1. The van der Waals surface area contributed by atoms with Crippen LogP contribution >= 0.6 is 15.9 Å². The molecule has 1 rings (SSSR count). The van der Waals surface area contributed by atoms with Crippen LogP contribution in [0.1, 0.15) is 5.56 Å². The van der Waals surface area contributed by atoms with Gasteiger partial charge in [0.05, 0.1) is 6.42 Å². The number of hydrogen-bond donors (Lipinski definition) is 3. The molecule has 1 aromatic carbocycles. The topological polar surface area (TPSA) is 104 Å². The van der Waals surface area contributed by atoms with E-state index < -0.39 is 22.3 Å². The number of carboxylic acid groups (broad SMARTS) is 2. The maximum absolute atomic E-state index is 11.6. The molecule has 0 aliphatic carbocycles. The van der Waals surface area contributed by atoms with Crippen molar-refractivity contribution in [2.24, 2.45) is 0 Å². The minimum Gasteiger partial charge on any atom is -0.478 e. The lowest BCUT2D eigenvalue weighted by Gasteiger charge is -2.19. The summed E-state index contributed by atoms with van der Waals surface area (Å²) >= 11 is 2.50. The minimum absolute atomic E-state index is 0.102. The van der Waals surface area contributed by atoms with Gasteiger partial charge in [0.15, 0.2) is 0 Å². The van der Waals surface area contributed by atoms with Crippen molar-refractivity contribution in [3.63, 3.8) is 0 Å². The van der Waals surface area contributed by atoms with E-state index in [4.69, 9.17) is 10.2 Å². The van der Waals surface area contributed by atoms with Crippen molar-refractivity contribution >= 4 is 33.8 Å². The van der Waals surface area contributed by atoms with Crippen LogP contribution in [0.25, 0.3) is 0 Å².